The molecule has 1 atom stereocenters. The van der Waals surface area contributed by atoms with E-state index in [-0.39, 0.29) is 0 Å². The van der Waals surface area contributed by atoms with E-state index in [1.54, 1.807) is 0 Å². The van der Waals surface area contributed by atoms with Crippen LogP contribution in [0.25, 0.3) is 0 Å². The zero-order valence-corrected chi connectivity index (χ0v) is 7.94. The Morgan fingerprint density at radius 2 is 2.33 bits per heavy atom. The highest BCUT2D eigenvalue weighted by atomic mass is 16.5. The molecule has 1 saturated carbocycles. The zero-order chi connectivity index (χ0) is 8.44. The summed E-state index contributed by atoms with van der Waals surface area (Å²) in [5.41, 5.74) is 0.507. The standard InChI is InChI=1S/C10H19NO/c1-11-7-10(9-3-4-9)5-2-6-12-8-10/h9,11H,2-8H2,1H3. The molecule has 2 fully saturated rings. The Morgan fingerprint density at radius 1 is 1.50 bits per heavy atom. The Bertz CT molecular complexity index is 142. The van der Waals surface area contributed by atoms with Crippen LogP contribution in [-0.2, 0) is 4.74 Å². The quantitative estimate of drug-likeness (QED) is 0.689. The Kier molecular flexibility index (Phi) is 2.37. The lowest BCUT2D eigenvalue weighted by Crippen LogP contribution is -2.41. The minimum atomic E-state index is 0.507. The maximum Gasteiger partial charge on any atom is 0.0537 e. The minimum absolute atomic E-state index is 0.507. The molecule has 0 aromatic heterocycles. The minimum Gasteiger partial charge on any atom is -0.381 e. The van der Waals surface area contributed by atoms with Crippen LogP contribution in [0, 0.1) is 11.3 Å². The second-order valence-corrected chi connectivity index (χ2v) is 4.32. The number of ether oxygens (including phenoxy) is 1. The molecular formula is C10H19NO. The molecule has 1 aliphatic heterocycles. The fraction of sp³-hybridized carbons (Fsp3) is 1.00. The molecule has 0 bridgehead atoms. The van der Waals surface area contributed by atoms with E-state index in [4.69, 9.17) is 4.74 Å². The van der Waals surface area contributed by atoms with Crippen molar-refractivity contribution in [2.75, 3.05) is 26.8 Å². The summed E-state index contributed by atoms with van der Waals surface area (Å²) in [7, 11) is 2.05. The van der Waals surface area contributed by atoms with Gasteiger partial charge in [-0.2, -0.15) is 0 Å². The van der Waals surface area contributed by atoms with Crippen molar-refractivity contribution < 1.29 is 4.74 Å². The second kappa shape index (κ2) is 3.35. The first-order chi connectivity index (χ1) is 5.87. The van der Waals surface area contributed by atoms with E-state index in [0.29, 0.717) is 5.41 Å². The first-order valence-electron chi connectivity index (χ1n) is 5.10. The maximum absolute atomic E-state index is 5.60. The van der Waals surface area contributed by atoms with Crippen LogP contribution in [0.2, 0.25) is 0 Å². The Labute approximate surface area is 74.7 Å². The van der Waals surface area contributed by atoms with Gasteiger partial charge in [0.05, 0.1) is 6.61 Å². The van der Waals surface area contributed by atoms with Crippen LogP contribution in [0.1, 0.15) is 25.7 Å². The fourth-order valence-electron chi connectivity index (χ4n) is 2.53. The summed E-state index contributed by atoms with van der Waals surface area (Å²) >= 11 is 0. The predicted molar refractivity (Wildman–Crippen MR) is 49.1 cm³/mol. The molecule has 0 aromatic carbocycles. The molecule has 1 aliphatic carbocycles. The van der Waals surface area contributed by atoms with Gasteiger partial charge in [0.1, 0.15) is 0 Å². The third-order valence-corrected chi connectivity index (χ3v) is 3.33. The van der Waals surface area contributed by atoms with Crippen LogP contribution >= 0.6 is 0 Å². The van der Waals surface area contributed by atoms with Gasteiger partial charge in [0.25, 0.3) is 0 Å². The third kappa shape index (κ3) is 1.50. The van der Waals surface area contributed by atoms with Gasteiger partial charge < -0.3 is 10.1 Å². The first kappa shape index (κ1) is 8.52. The van der Waals surface area contributed by atoms with Gasteiger partial charge in [-0.1, -0.05) is 0 Å². The molecule has 2 rings (SSSR count). The Morgan fingerprint density at radius 3 is 2.83 bits per heavy atom. The highest BCUT2D eigenvalue weighted by Gasteiger charge is 2.45. The third-order valence-electron chi connectivity index (χ3n) is 3.33. The van der Waals surface area contributed by atoms with Gasteiger partial charge in [-0.3, -0.25) is 0 Å². The van der Waals surface area contributed by atoms with Gasteiger partial charge in [0.15, 0.2) is 0 Å². The summed E-state index contributed by atoms with van der Waals surface area (Å²) in [6, 6.07) is 0. The lowest BCUT2D eigenvalue weighted by molar-refractivity contribution is -0.0191. The number of nitrogens with one attached hydrogen (secondary N) is 1. The molecule has 12 heavy (non-hydrogen) atoms. The highest BCUT2D eigenvalue weighted by molar-refractivity contribution is 4.96. The summed E-state index contributed by atoms with van der Waals surface area (Å²) < 4.78 is 5.60. The summed E-state index contributed by atoms with van der Waals surface area (Å²) in [6.45, 7) is 3.13. The van der Waals surface area contributed by atoms with Crippen molar-refractivity contribution >= 4 is 0 Å². The van der Waals surface area contributed by atoms with Crippen molar-refractivity contribution in [1.29, 1.82) is 0 Å². The summed E-state index contributed by atoms with van der Waals surface area (Å²) in [5, 5.41) is 3.32. The van der Waals surface area contributed by atoms with E-state index in [0.717, 1.165) is 25.7 Å². The van der Waals surface area contributed by atoms with Crippen LogP contribution in [0.5, 0.6) is 0 Å². The topological polar surface area (TPSA) is 21.3 Å². The second-order valence-electron chi connectivity index (χ2n) is 4.32. The molecule has 0 spiro atoms. The first-order valence-corrected chi connectivity index (χ1v) is 5.10. The van der Waals surface area contributed by atoms with E-state index in [9.17, 15) is 0 Å². The monoisotopic (exact) mass is 169 g/mol. The molecule has 0 amide bonds. The van der Waals surface area contributed by atoms with Crippen molar-refractivity contribution in [3.05, 3.63) is 0 Å². The van der Waals surface area contributed by atoms with Crippen LogP contribution in [0.4, 0.5) is 0 Å². The van der Waals surface area contributed by atoms with Crippen molar-refractivity contribution in [2.45, 2.75) is 25.7 Å². The summed E-state index contributed by atoms with van der Waals surface area (Å²) in [5.74, 6) is 0.963. The van der Waals surface area contributed by atoms with Crippen LogP contribution < -0.4 is 5.32 Å². The van der Waals surface area contributed by atoms with Crippen LogP contribution in [-0.4, -0.2) is 26.8 Å². The SMILES string of the molecule is CNCC1(C2CC2)CCCOC1. The average molecular weight is 169 g/mol. The van der Waals surface area contributed by atoms with E-state index >= 15 is 0 Å². The zero-order valence-electron chi connectivity index (χ0n) is 7.94. The van der Waals surface area contributed by atoms with Crippen molar-refractivity contribution in [3.8, 4) is 0 Å². The van der Waals surface area contributed by atoms with Crippen molar-refractivity contribution in [1.82, 2.24) is 5.32 Å². The number of hydrogen-bond acceptors (Lipinski definition) is 2. The molecule has 1 heterocycles. The molecule has 70 valence electrons. The average Bonchev–Trinajstić information content (AvgIpc) is 2.89. The lowest BCUT2D eigenvalue weighted by atomic mass is 9.78. The molecule has 2 nitrogen and oxygen atoms in total. The van der Waals surface area contributed by atoms with E-state index in [1.165, 1.54) is 25.7 Å². The van der Waals surface area contributed by atoms with Crippen molar-refractivity contribution in [3.63, 3.8) is 0 Å². The van der Waals surface area contributed by atoms with Gasteiger partial charge in [-0.25, -0.2) is 0 Å². The maximum atomic E-state index is 5.60. The normalized spacial score (nSPS) is 36.8. The Hall–Kier alpha value is -0.0800. The molecule has 1 saturated heterocycles. The smallest absolute Gasteiger partial charge is 0.0537 e. The van der Waals surface area contributed by atoms with Gasteiger partial charge in [-0.15, -0.1) is 0 Å². The van der Waals surface area contributed by atoms with Crippen molar-refractivity contribution in [2.24, 2.45) is 11.3 Å². The van der Waals surface area contributed by atoms with E-state index in [2.05, 4.69) is 12.4 Å². The van der Waals surface area contributed by atoms with Gasteiger partial charge in [0.2, 0.25) is 0 Å². The molecule has 2 heteroatoms. The van der Waals surface area contributed by atoms with Crippen LogP contribution in [0.15, 0.2) is 0 Å². The predicted octanol–water partition coefficient (Wildman–Crippen LogP) is 1.41. The number of hydrogen-bond donors (Lipinski definition) is 1. The molecule has 1 unspecified atom stereocenters. The molecule has 2 aliphatic rings. The summed E-state index contributed by atoms with van der Waals surface area (Å²) in [6.07, 6.45) is 5.51. The number of rotatable bonds is 3. The van der Waals surface area contributed by atoms with E-state index < -0.39 is 0 Å². The van der Waals surface area contributed by atoms with Gasteiger partial charge in [0, 0.05) is 18.6 Å². The fourth-order valence-corrected chi connectivity index (χ4v) is 2.53. The summed E-state index contributed by atoms with van der Waals surface area (Å²) in [4.78, 5) is 0. The van der Waals surface area contributed by atoms with Gasteiger partial charge in [-0.05, 0) is 38.6 Å². The molecule has 0 radical (unpaired) electrons. The molecule has 0 aromatic rings. The molecular weight excluding hydrogens is 150 g/mol. The Balaban J connectivity index is 1.98. The molecule has 1 N–H and O–H groups in total. The van der Waals surface area contributed by atoms with Gasteiger partial charge >= 0.3 is 0 Å². The lowest BCUT2D eigenvalue weighted by Gasteiger charge is -2.37. The van der Waals surface area contributed by atoms with E-state index in [1.807, 2.05) is 0 Å². The highest BCUT2D eigenvalue weighted by Crippen LogP contribution is 2.49. The van der Waals surface area contributed by atoms with Crippen LogP contribution in [0.3, 0.4) is 0 Å². The largest absolute Gasteiger partial charge is 0.381 e.